The van der Waals surface area contributed by atoms with Gasteiger partial charge < -0.3 is 25.2 Å². The smallest absolute Gasteiger partial charge is 0.253 e. The maximum atomic E-state index is 13.3. The lowest BCUT2D eigenvalue weighted by Gasteiger charge is -2.35. The van der Waals surface area contributed by atoms with Crippen molar-refractivity contribution in [3.8, 4) is 0 Å². The molecule has 2 fully saturated rings. The zero-order valence-electron chi connectivity index (χ0n) is 20.9. The van der Waals surface area contributed by atoms with Gasteiger partial charge in [0.25, 0.3) is 5.91 Å². The van der Waals surface area contributed by atoms with E-state index in [2.05, 4.69) is 5.32 Å². The molecule has 1 unspecified atom stereocenters. The number of amides is 1. The van der Waals surface area contributed by atoms with Gasteiger partial charge in [0.2, 0.25) is 10.0 Å². The average Bonchev–Trinajstić information content (AvgIpc) is 3.45. The lowest BCUT2D eigenvalue weighted by Crippen LogP contribution is -2.51. The first kappa shape index (κ1) is 26.3. The van der Waals surface area contributed by atoms with Crippen LogP contribution in [0.15, 0.2) is 35.5 Å². The largest absolute Gasteiger partial charge is 0.394 e. The summed E-state index contributed by atoms with van der Waals surface area (Å²) in [5.74, 6) is 0.487. The average molecular weight is 533 g/mol. The summed E-state index contributed by atoms with van der Waals surface area (Å²) in [7, 11) is -3.79. The molecule has 1 aliphatic carbocycles. The summed E-state index contributed by atoms with van der Waals surface area (Å²) < 4.78 is 29.6. The molecule has 3 heterocycles. The molecule has 1 aromatic carbocycles. The van der Waals surface area contributed by atoms with E-state index in [0.29, 0.717) is 29.7 Å². The summed E-state index contributed by atoms with van der Waals surface area (Å²) in [5, 5.41) is 33.6. The van der Waals surface area contributed by atoms with Crippen LogP contribution in [0.4, 0.5) is 0 Å². The van der Waals surface area contributed by atoms with Crippen molar-refractivity contribution in [3.63, 3.8) is 0 Å². The van der Waals surface area contributed by atoms with Gasteiger partial charge in [0, 0.05) is 36.1 Å². The number of nitrogens with zero attached hydrogens (tertiary/aromatic N) is 3. The van der Waals surface area contributed by atoms with Gasteiger partial charge in [0.05, 0.1) is 31.1 Å². The van der Waals surface area contributed by atoms with Crippen molar-refractivity contribution < 1.29 is 28.5 Å². The number of hydrogen-bond acceptors (Lipinski definition) is 7. The van der Waals surface area contributed by atoms with Crippen LogP contribution in [0.2, 0.25) is 0 Å². The van der Waals surface area contributed by atoms with Gasteiger partial charge in [-0.3, -0.25) is 9.79 Å². The number of hydrogen-bond donors (Lipinski definition) is 4. The van der Waals surface area contributed by atoms with Gasteiger partial charge in [0.1, 0.15) is 11.4 Å². The second-order valence-corrected chi connectivity index (χ2v) is 12.6. The normalized spacial score (nSPS) is 22.8. The molecule has 1 amide bonds. The van der Waals surface area contributed by atoms with E-state index in [1.807, 2.05) is 6.07 Å². The molecule has 1 aromatic heterocycles. The molecule has 3 aliphatic rings. The van der Waals surface area contributed by atoms with Crippen LogP contribution in [0, 0.1) is 5.92 Å². The van der Waals surface area contributed by atoms with Gasteiger partial charge in [-0.1, -0.05) is 31.4 Å². The Bertz CT molecular complexity index is 1280. The molecule has 5 rings (SSSR count). The van der Waals surface area contributed by atoms with Gasteiger partial charge in [-0.05, 0) is 43.4 Å². The van der Waals surface area contributed by atoms with Crippen molar-refractivity contribution in [2.75, 3.05) is 25.4 Å². The topological polar surface area (TPSA) is 144 Å². The van der Waals surface area contributed by atoms with Crippen LogP contribution in [0.25, 0.3) is 10.9 Å². The monoisotopic (exact) mass is 532 g/mol. The third kappa shape index (κ3) is 5.20. The first-order valence-electron chi connectivity index (χ1n) is 13.2. The Morgan fingerprint density at radius 3 is 2.54 bits per heavy atom. The molecule has 2 atom stereocenters. The van der Waals surface area contributed by atoms with E-state index in [9.17, 15) is 23.4 Å². The molecule has 0 radical (unpaired) electrons. The highest BCUT2D eigenvalue weighted by molar-refractivity contribution is 7.89. The number of carbonyl (C=O) groups excluding carboxylic acids is 1. The summed E-state index contributed by atoms with van der Waals surface area (Å²) in [6.07, 6.45) is 5.81. The van der Waals surface area contributed by atoms with E-state index in [1.54, 1.807) is 29.0 Å². The van der Waals surface area contributed by atoms with Gasteiger partial charge in [0.15, 0.2) is 0 Å². The highest BCUT2D eigenvalue weighted by Crippen LogP contribution is 2.35. The minimum atomic E-state index is -3.79. The van der Waals surface area contributed by atoms with Crippen molar-refractivity contribution >= 4 is 32.7 Å². The Hall–Kier alpha value is -2.31. The van der Waals surface area contributed by atoms with Crippen molar-refractivity contribution in [1.29, 1.82) is 0 Å². The molecular formula is C26H36N4O6S. The quantitative estimate of drug-likeness (QED) is 0.403. The molecule has 11 heteroatoms. The lowest BCUT2D eigenvalue weighted by molar-refractivity contribution is -0.125. The number of sulfonamides is 1. The van der Waals surface area contributed by atoms with E-state index in [0.717, 1.165) is 37.0 Å². The van der Waals surface area contributed by atoms with Gasteiger partial charge in [-0.25, -0.2) is 12.7 Å². The third-order valence-electron chi connectivity index (χ3n) is 8.13. The Morgan fingerprint density at radius 1 is 1.11 bits per heavy atom. The maximum absolute atomic E-state index is 13.3. The zero-order chi connectivity index (χ0) is 26.2. The van der Waals surface area contributed by atoms with Crippen LogP contribution in [-0.2, 0) is 21.4 Å². The number of rotatable bonds is 8. The minimum absolute atomic E-state index is 0.118. The molecule has 1 spiro atoms. The number of aliphatic imine (C=N–C) groups is 1. The number of carbonyl (C=O) groups is 1. The van der Waals surface area contributed by atoms with Crippen molar-refractivity contribution in [3.05, 3.63) is 36.0 Å². The van der Waals surface area contributed by atoms with E-state index in [1.165, 1.54) is 10.7 Å². The summed E-state index contributed by atoms with van der Waals surface area (Å²) in [5.41, 5.74) is 0.342. The van der Waals surface area contributed by atoms with Crippen LogP contribution in [0.1, 0.15) is 56.6 Å². The lowest BCUT2D eigenvalue weighted by atomic mass is 9.88. The van der Waals surface area contributed by atoms with E-state index in [4.69, 9.17) is 10.1 Å². The second-order valence-electron chi connectivity index (χ2n) is 10.6. The van der Waals surface area contributed by atoms with Crippen LogP contribution >= 0.6 is 0 Å². The Balaban J connectivity index is 1.26. The highest BCUT2D eigenvalue weighted by atomic mass is 32.2. The first-order chi connectivity index (χ1) is 17.7. The molecular weight excluding hydrogens is 496 g/mol. The van der Waals surface area contributed by atoms with Crippen LogP contribution in [-0.4, -0.2) is 81.4 Å². The van der Waals surface area contributed by atoms with Crippen LogP contribution in [0.3, 0.4) is 0 Å². The molecule has 10 nitrogen and oxygen atoms in total. The van der Waals surface area contributed by atoms with Crippen LogP contribution < -0.4 is 5.32 Å². The van der Waals surface area contributed by atoms with Gasteiger partial charge in [-0.2, -0.15) is 0 Å². The number of benzene rings is 1. The predicted octanol–water partition coefficient (Wildman–Crippen LogP) is 1.30. The molecule has 2 aromatic rings. The second kappa shape index (κ2) is 10.5. The number of aromatic nitrogens is 1. The molecule has 1 saturated heterocycles. The van der Waals surface area contributed by atoms with E-state index in [-0.39, 0.29) is 32.1 Å². The number of piperidine rings is 1. The van der Waals surface area contributed by atoms with Crippen molar-refractivity contribution in [2.45, 2.75) is 69.2 Å². The highest BCUT2D eigenvalue weighted by Gasteiger charge is 2.48. The third-order valence-corrected chi connectivity index (χ3v) is 10.0. The predicted molar refractivity (Wildman–Crippen MR) is 139 cm³/mol. The molecule has 0 bridgehead atoms. The Morgan fingerprint density at radius 2 is 1.84 bits per heavy atom. The standard InChI is InChI=1S/C26H36N4O6S/c31-16-19(32)15-29-12-9-20-21(7-4-8-22(20)29)23(33)17-37(35,36)30-13-10-26(11-14-30)25(34)27-24(28-26)18-5-2-1-3-6-18/h4,7-9,12,18-19,23,31-33H,1-3,5-6,10-11,13-17H2,(H,27,28,34)/t19-,23?/m0/s1. The molecule has 37 heavy (non-hydrogen) atoms. The van der Waals surface area contributed by atoms with E-state index >= 15 is 0 Å². The molecule has 1 saturated carbocycles. The molecule has 202 valence electrons. The SMILES string of the molecule is O=C1NC(C2CCCCC2)=NC12CCN(S(=O)(=O)CC(O)c1cccc3c1ccn3C[C@H](O)CO)CC2. The Kier molecular flexibility index (Phi) is 7.43. The van der Waals surface area contributed by atoms with Gasteiger partial charge >= 0.3 is 0 Å². The number of fused-ring (bicyclic) bond motifs is 1. The molecule has 2 aliphatic heterocycles. The summed E-state index contributed by atoms with van der Waals surface area (Å²) in [6.45, 7) is 0.186. The number of amidine groups is 1. The number of nitrogens with one attached hydrogen (secondary N) is 1. The molecule has 4 N–H and O–H groups in total. The fraction of sp³-hybridized carbons (Fsp3) is 0.615. The van der Waals surface area contributed by atoms with Crippen LogP contribution in [0.5, 0.6) is 0 Å². The van der Waals surface area contributed by atoms with Crippen molar-refractivity contribution in [2.24, 2.45) is 10.9 Å². The summed E-state index contributed by atoms with van der Waals surface area (Å²) >= 11 is 0. The number of aliphatic hydroxyl groups excluding tert-OH is 3. The maximum Gasteiger partial charge on any atom is 0.253 e. The summed E-state index contributed by atoms with van der Waals surface area (Å²) in [6, 6.07) is 7.03. The number of aliphatic hydroxyl groups is 3. The van der Waals surface area contributed by atoms with Gasteiger partial charge in [-0.15, -0.1) is 0 Å². The Labute approximate surface area is 217 Å². The van der Waals surface area contributed by atoms with E-state index < -0.39 is 33.5 Å². The fourth-order valence-corrected chi connectivity index (χ4v) is 7.49. The van der Waals surface area contributed by atoms with Crippen molar-refractivity contribution in [1.82, 2.24) is 14.2 Å². The first-order valence-corrected chi connectivity index (χ1v) is 14.8. The minimum Gasteiger partial charge on any atom is -0.394 e. The summed E-state index contributed by atoms with van der Waals surface area (Å²) in [4.78, 5) is 17.7. The fourth-order valence-electron chi connectivity index (χ4n) is 5.96. The zero-order valence-corrected chi connectivity index (χ0v) is 21.7.